The lowest BCUT2D eigenvalue weighted by Gasteiger charge is -2.10. The van der Waals surface area contributed by atoms with E-state index < -0.39 is 12.0 Å². The van der Waals surface area contributed by atoms with Crippen LogP contribution in [0.25, 0.3) is 0 Å². The third-order valence-electron chi connectivity index (χ3n) is 2.29. The lowest BCUT2D eigenvalue weighted by Crippen LogP contribution is -2.33. The van der Waals surface area contributed by atoms with Gasteiger partial charge in [-0.05, 0) is 19.3 Å². The molecule has 76 valence electrons. The molecule has 2 atom stereocenters. The summed E-state index contributed by atoms with van der Waals surface area (Å²) >= 11 is 0. The van der Waals surface area contributed by atoms with E-state index in [1.54, 1.807) is 0 Å². The number of rotatable bonds is 3. The van der Waals surface area contributed by atoms with E-state index in [0.717, 1.165) is 12.8 Å². The van der Waals surface area contributed by atoms with Gasteiger partial charge < -0.3 is 10.8 Å². The number of halogens is 1. The second kappa shape index (κ2) is 5.19. The first-order valence-corrected chi connectivity index (χ1v) is 4.12. The fourth-order valence-electron chi connectivity index (χ4n) is 1.54. The van der Waals surface area contributed by atoms with E-state index in [9.17, 15) is 9.59 Å². The van der Waals surface area contributed by atoms with E-state index in [0.29, 0.717) is 12.8 Å². The molecule has 1 aliphatic carbocycles. The van der Waals surface area contributed by atoms with Crippen LogP contribution in [0.4, 0.5) is 0 Å². The first-order chi connectivity index (χ1) is 5.61. The highest BCUT2D eigenvalue weighted by atomic mass is 35.5. The minimum atomic E-state index is -1.02. The van der Waals surface area contributed by atoms with E-state index in [4.69, 9.17) is 10.8 Å². The molecule has 3 N–H and O–H groups in total. The number of hydrogen-bond acceptors (Lipinski definition) is 3. The van der Waals surface area contributed by atoms with Gasteiger partial charge in [0.1, 0.15) is 11.8 Å². The first kappa shape index (κ1) is 12.4. The number of carbonyl (C=O) groups excluding carboxylic acids is 1. The van der Waals surface area contributed by atoms with Crippen molar-refractivity contribution in [2.45, 2.75) is 31.7 Å². The number of aliphatic carboxylic acids is 1. The Kier molecular flexibility index (Phi) is 4.95. The second-order valence-corrected chi connectivity index (χ2v) is 3.24. The zero-order valence-corrected chi connectivity index (χ0v) is 8.05. The van der Waals surface area contributed by atoms with Crippen molar-refractivity contribution in [3.8, 4) is 0 Å². The molecule has 0 aromatic rings. The zero-order chi connectivity index (χ0) is 9.14. The van der Waals surface area contributed by atoms with Crippen LogP contribution in [0.15, 0.2) is 0 Å². The number of carboxylic acids is 1. The van der Waals surface area contributed by atoms with E-state index in [1.807, 2.05) is 0 Å². The summed E-state index contributed by atoms with van der Waals surface area (Å²) in [5.74, 6) is -0.947. The zero-order valence-electron chi connectivity index (χ0n) is 7.23. The highest BCUT2D eigenvalue weighted by molar-refractivity contribution is 5.85. The normalized spacial score (nSPS) is 23.8. The topological polar surface area (TPSA) is 80.4 Å². The van der Waals surface area contributed by atoms with Crippen molar-refractivity contribution in [1.29, 1.82) is 0 Å². The van der Waals surface area contributed by atoms with E-state index >= 15 is 0 Å². The fourth-order valence-corrected chi connectivity index (χ4v) is 1.54. The maximum atomic E-state index is 11.1. The number of nitrogens with two attached hydrogens (primary N) is 1. The molecule has 0 aromatic heterocycles. The van der Waals surface area contributed by atoms with Gasteiger partial charge in [0.05, 0.1) is 0 Å². The molecule has 1 saturated carbocycles. The van der Waals surface area contributed by atoms with Crippen LogP contribution < -0.4 is 5.73 Å². The summed E-state index contributed by atoms with van der Waals surface area (Å²) in [5, 5.41) is 8.49. The second-order valence-electron chi connectivity index (χ2n) is 3.24. The minimum absolute atomic E-state index is 0. The van der Waals surface area contributed by atoms with Crippen molar-refractivity contribution in [2.24, 2.45) is 11.7 Å². The van der Waals surface area contributed by atoms with Crippen LogP contribution in [-0.4, -0.2) is 22.9 Å². The summed E-state index contributed by atoms with van der Waals surface area (Å²) in [7, 11) is 0. The molecule has 1 aliphatic rings. The van der Waals surface area contributed by atoms with Crippen LogP contribution in [-0.2, 0) is 9.59 Å². The Bertz CT molecular complexity index is 208. The molecule has 0 heterocycles. The van der Waals surface area contributed by atoms with E-state index in [1.165, 1.54) is 0 Å². The van der Waals surface area contributed by atoms with Crippen molar-refractivity contribution < 1.29 is 14.7 Å². The molecule has 5 heteroatoms. The summed E-state index contributed by atoms with van der Waals surface area (Å²) in [5.41, 5.74) is 5.31. The van der Waals surface area contributed by atoms with Gasteiger partial charge in [-0.15, -0.1) is 12.4 Å². The van der Waals surface area contributed by atoms with Gasteiger partial charge in [-0.2, -0.15) is 0 Å². The molecule has 0 saturated heterocycles. The minimum Gasteiger partial charge on any atom is -0.480 e. The van der Waals surface area contributed by atoms with Crippen LogP contribution in [0.1, 0.15) is 25.7 Å². The molecule has 1 rings (SSSR count). The van der Waals surface area contributed by atoms with E-state index in [2.05, 4.69) is 0 Å². The van der Waals surface area contributed by atoms with Gasteiger partial charge in [0.15, 0.2) is 0 Å². The maximum absolute atomic E-state index is 11.1. The van der Waals surface area contributed by atoms with Crippen molar-refractivity contribution >= 4 is 24.2 Å². The molecule has 0 aromatic carbocycles. The molecule has 0 bridgehead atoms. The largest absolute Gasteiger partial charge is 0.480 e. The highest BCUT2D eigenvalue weighted by Gasteiger charge is 2.28. The molecule has 0 radical (unpaired) electrons. The Morgan fingerprint density at radius 3 is 2.69 bits per heavy atom. The van der Waals surface area contributed by atoms with E-state index in [-0.39, 0.29) is 24.1 Å². The number of carboxylic acid groups (broad SMARTS) is 1. The fraction of sp³-hybridized carbons (Fsp3) is 0.750. The molecular weight excluding hydrogens is 194 g/mol. The lowest BCUT2D eigenvalue weighted by molar-refractivity contribution is -0.139. The van der Waals surface area contributed by atoms with Crippen molar-refractivity contribution in [3.63, 3.8) is 0 Å². The van der Waals surface area contributed by atoms with Gasteiger partial charge in [-0.1, -0.05) is 0 Å². The van der Waals surface area contributed by atoms with Crippen LogP contribution in [0.5, 0.6) is 0 Å². The number of carbonyl (C=O) groups is 2. The Hall–Kier alpha value is -0.610. The van der Waals surface area contributed by atoms with Crippen LogP contribution in [0.3, 0.4) is 0 Å². The predicted octanol–water partition coefficient (Wildman–Crippen LogP) is 0.579. The summed E-state index contributed by atoms with van der Waals surface area (Å²) < 4.78 is 0. The quantitative estimate of drug-likeness (QED) is 0.710. The number of ketones is 1. The Balaban J connectivity index is 0.00000144. The van der Waals surface area contributed by atoms with Crippen molar-refractivity contribution in [1.82, 2.24) is 0 Å². The van der Waals surface area contributed by atoms with Gasteiger partial charge in [-0.3, -0.25) is 9.59 Å². The maximum Gasteiger partial charge on any atom is 0.320 e. The molecule has 13 heavy (non-hydrogen) atoms. The monoisotopic (exact) mass is 207 g/mol. The van der Waals surface area contributed by atoms with Gasteiger partial charge in [0, 0.05) is 12.3 Å². The molecule has 0 spiro atoms. The predicted molar refractivity (Wildman–Crippen MR) is 49.8 cm³/mol. The third kappa shape index (κ3) is 3.32. The summed E-state index contributed by atoms with van der Waals surface area (Å²) in [4.78, 5) is 21.4. The Morgan fingerprint density at radius 1 is 1.69 bits per heavy atom. The SMILES string of the molecule is Cl.N[C@@H](CC1CCCC1=O)C(=O)O. The molecule has 0 amide bonds. The highest BCUT2D eigenvalue weighted by Crippen LogP contribution is 2.24. The average molecular weight is 208 g/mol. The van der Waals surface area contributed by atoms with Gasteiger partial charge in [0.2, 0.25) is 0 Å². The Morgan fingerprint density at radius 2 is 2.31 bits per heavy atom. The number of Topliss-reactive ketones (excluding diaryl/α,β-unsaturated/α-hetero) is 1. The third-order valence-corrected chi connectivity index (χ3v) is 2.29. The van der Waals surface area contributed by atoms with Crippen LogP contribution in [0.2, 0.25) is 0 Å². The molecular formula is C8H14ClNO3. The summed E-state index contributed by atoms with van der Waals surface area (Å²) in [6, 6.07) is -0.878. The van der Waals surface area contributed by atoms with Crippen molar-refractivity contribution in [3.05, 3.63) is 0 Å². The smallest absolute Gasteiger partial charge is 0.320 e. The first-order valence-electron chi connectivity index (χ1n) is 4.12. The summed E-state index contributed by atoms with van der Waals surface area (Å²) in [6.45, 7) is 0. The summed E-state index contributed by atoms with van der Waals surface area (Å²) in [6.07, 6.45) is 2.58. The number of hydrogen-bond donors (Lipinski definition) is 2. The van der Waals surface area contributed by atoms with Gasteiger partial charge in [-0.25, -0.2) is 0 Å². The van der Waals surface area contributed by atoms with Gasteiger partial charge in [0.25, 0.3) is 0 Å². The molecule has 4 nitrogen and oxygen atoms in total. The standard InChI is InChI=1S/C8H13NO3.ClH/c9-6(8(11)12)4-5-2-1-3-7(5)10;/h5-6H,1-4,9H2,(H,11,12);1H/t5?,6-;/m0./s1. The van der Waals surface area contributed by atoms with Gasteiger partial charge >= 0.3 is 5.97 Å². The Labute approximate surface area is 82.9 Å². The molecule has 1 unspecified atom stereocenters. The molecule has 0 aliphatic heterocycles. The molecule has 1 fully saturated rings. The van der Waals surface area contributed by atoms with Crippen LogP contribution >= 0.6 is 12.4 Å². The van der Waals surface area contributed by atoms with Crippen LogP contribution in [0, 0.1) is 5.92 Å². The average Bonchev–Trinajstić information content (AvgIpc) is 2.36. The lowest BCUT2D eigenvalue weighted by atomic mass is 9.98. The van der Waals surface area contributed by atoms with Crippen molar-refractivity contribution in [2.75, 3.05) is 0 Å².